The van der Waals surface area contributed by atoms with Crippen molar-refractivity contribution in [3.05, 3.63) is 34.3 Å². The smallest absolute Gasteiger partial charge is 0.238 e. The zero-order chi connectivity index (χ0) is 16.4. The van der Waals surface area contributed by atoms with Gasteiger partial charge in [-0.15, -0.1) is 0 Å². The molecule has 5 nitrogen and oxygen atoms in total. The Labute approximate surface area is 146 Å². The van der Waals surface area contributed by atoms with Crippen LogP contribution >= 0.6 is 15.9 Å². The molecule has 0 aliphatic carbocycles. The van der Waals surface area contributed by atoms with E-state index < -0.39 is 0 Å². The van der Waals surface area contributed by atoms with Crippen molar-refractivity contribution in [3.63, 3.8) is 0 Å². The Kier molecular flexibility index (Phi) is 5.06. The lowest BCUT2D eigenvalue weighted by Gasteiger charge is -2.29. The van der Waals surface area contributed by atoms with E-state index in [1.54, 1.807) is 0 Å². The van der Waals surface area contributed by atoms with E-state index in [0.717, 1.165) is 24.0 Å². The van der Waals surface area contributed by atoms with Crippen LogP contribution in [0.3, 0.4) is 0 Å². The number of hydrogen-bond acceptors (Lipinski definition) is 4. The number of amides is 1. The van der Waals surface area contributed by atoms with Gasteiger partial charge in [0.05, 0.1) is 0 Å². The average molecular weight is 381 g/mol. The minimum Gasteiger partial charge on any atom is -0.354 e. The van der Waals surface area contributed by atoms with Crippen LogP contribution in [0.25, 0.3) is 0 Å². The van der Waals surface area contributed by atoms with Crippen LogP contribution in [0.1, 0.15) is 25.8 Å². The highest BCUT2D eigenvalue weighted by Crippen LogP contribution is 2.25. The number of piperidine rings is 1. The third-order valence-electron chi connectivity index (χ3n) is 4.97. The molecule has 126 valence electrons. The van der Waals surface area contributed by atoms with Crippen LogP contribution in [0.15, 0.2) is 28.7 Å². The normalized spacial score (nSPS) is 27.5. The van der Waals surface area contributed by atoms with E-state index in [0.29, 0.717) is 18.5 Å². The van der Waals surface area contributed by atoms with E-state index in [-0.39, 0.29) is 17.4 Å². The van der Waals surface area contributed by atoms with Crippen LogP contribution in [0.5, 0.6) is 0 Å². The second kappa shape index (κ2) is 6.89. The van der Waals surface area contributed by atoms with Crippen LogP contribution in [-0.4, -0.2) is 37.6 Å². The first kappa shape index (κ1) is 16.9. The summed E-state index contributed by atoms with van der Waals surface area (Å²) in [6.07, 6.45) is 1.06. The summed E-state index contributed by atoms with van der Waals surface area (Å²) >= 11 is 3.51. The summed E-state index contributed by atoms with van der Waals surface area (Å²) in [4.78, 5) is 12.6. The number of hydrogen-bond donors (Lipinski definition) is 4. The Morgan fingerprint density at radius 3 is 3.00 bits per heavy atom. The zero-order valence-corrected chi connectivity index (χ0v) is 15.2. The number of nitrogens with one attached hydrogen (secondary N) is 4. The topological polar surface area (TPSA) is 65.2 Å². The van der Waals surface area contributed by atoms with Gasteiger partial charge in [-0.1, -0.05) is 41.9 Å². The summed E-state index contributed by atoms with van der Waals surface area (Å²) in [6.45, 7) is 6.82. The van der Waals surface area contributed by atoms with Crippen molar-refractivity contribution in [2.45, 2.75) is 37.8 Å². The van der Waals surface area contributed by atoms with Gasteiger partial charge in [0.15, 0.2) is 0 Å². The Morgan fingerprint density at radius 1 is 1.39 bits per heavy atom. The summed E-state index contributed by atoms with van der Waals surface area (Å²) in [6, 6.07) is 8.50. The molecule has 0 bridgehead atoms. The third kappa shape index (κ3) is 3.76. The van der Waals surface area contributed by atoms with Crippen molar-refractivity contribution in [1.29, 1.82) is 0 Å². The minimum absolute atomic E-state index is 0.0803. The predicted octanol–water partition coefficient (Wildman–Crippen LogP) is 1.30. The van der Waals surface area contributed by atoms with Crippen molar-refractivity contribution in [2.24, 2.45) is 5.92 Å². The van der Waals surface area contributed by atoms with Crippen LogP contribution in [-0.2, 0) is 10.2 Å². The van der Waals surface area contributed by atoms with Gasteiger partial charge in [0.2, 0.25) is 5.91 Å². The van der Waals surface area contributed by atoms with Crippen LogP contribution < -0.4 is 21.5 Å². The number of rotatable bonds is 4. The van der Waals surface area contributed by atoms with Gasteiger partial charge in [0, 0.05) is 34.9 Å². The van der Waals surface area contributed by atoms with Gasteiger partial charge < -0.3 is 10.6 Å². The lowest BCUT2D eigenvalue weighted by Crippen LogP contribution is -2.51. The molecule has 1 amide bonds. The number of fused-ring (bicyclic) bond motifs is 1. The van der Waals surface area contributed by atoms with Crippen LogP contribution in [0.2, 0.25) is 0 Å². The fourth-order valence-corrected chi connectivity index (χ4v) is 3.80. The number of benzene rings is 1. The number of hydrazine groups is 1. The van der Waals surface area contributed by atoms with Gasteiger partial charge in [-0.25, -0.2) is 5.43 Å². The second-order valence-electron chi connectivity index (χ2n) is 7.14. The van der Waals surface area contributed by atoms with Crippen molar-refractivity contribution in [2.75, 3.05) is 19.6 Å². The molecule has 0 aromatic heterocycles. The lowest BCUT2D eigenvalue weighted by molar-refractivity contribution is -0.124. The van der Waals surface area contributed by atoms with Crippen molar-refractivity contribution < 1.29 is 4.79 Å². The third-order valence-corrected chi connectivity index (χ3v) is 5.47. The summed E-state index contributed by atoms with van der Waals surface area (Å²) in [7, 11) is 0. The predicted molar refractivity (Wildman–Crippen MR) is 95.0 cm³/mol. The second-order valence-corrected chi connectivity index (χ2v) is 8.06. The van der Waals surface area contributed by atoms with Crippen molar-refractivity contribution in [3.8, 4) is 0 Å². The monoisotopic (exact) mass is 380 g/mol. The zero-order valence-electron chi connectivity index (χ0n) is 13.7. The Bertz CT molecular complexity index is 577. The van der Waals surface area contributed by atoms with E-state index in [2.05, 4.69) is 63.4 Å². The van der Waals surface area contributed by atoms with E-state index in [4.69, 9.17) is 0 Å². The van der Waals surface area contributed by atoms with Gasteiger partial charge in [0.1, 0.15) is 6.04 Å². The van der Waals surface area contributed by atoms with Crippen LogP contribution in [0, 0.1) is 5.92 Å². The molecule has 2 aliphatic heterocycles. The lowest BCUT2D eigenvalue weighted by atomic mass is 9.84. The quantitative estimate of drug-likeness (QED) is 0.635. The fourth-order valence-electron chi connectivity index (χ4n) is 3.41. The fraction of sp³-hybridized carbons (Fsp3) is 0.588. The molecule has 3 atom stereocenters. The molecule has 0 saturated carbocycles. The summed E-state index contributed by atoms with van der Waals surface area (Å²) in [5.74, 6) is 0.398. The van der Waals surface area contributed by atoms with Gasteiger partial charge in [-0.05, 0) is 30.7 Å². The van der Waals surface area contributed by atoms with E-state index in [1.807, 2.05) is 12.1 Å². The largest absolute Gasteiger partial charge is 0.354 e. The molecular weight excluding hydrogens is 356 g/mol. The molecule has 2 saturated heterocycles. The maximum Gasteiger partial charge on any atom is 0.238 e. The highest BCUT2D eigenvalue weighted by molar-refractivity contribution is 9.10. The van der Waals surface area contributed by atoms with Crippen LogP contribution in [0.4, 0.5) is 0 Å². The van der Waals surface area contributed by atoms with Crippen molar-refractivity contribution in [1.82, 2.24) is 21.5 Å². The van der Waals surface area contributed by atoms with Gasteiger partial charge in [-0.2, -0.15) is 0 Å². The first-order chi connectivity index (χ1) is 11.0. The Balaban J connectivity index is 1.60. The molecule has 4 N–H and O–H groups in total. The molecule has 23 heavy (non-hydrogen) atoms. The minimum atomic E-state index is -0.161. The molecule has 3 unspecified atom stereocenters. The Morgan fingerprint density at radius 2 is 2.22 bits per heavy atom. The maximum atomic E-state index is 12.6. The molecule has 2 heterocycles. The first-order valence-electron chi connectivity index (χ1n) is 8.23. The van der Waals surface area contributed by atoms with Gasteiger partial charge >= 0.3 is 0 Å². The first-order valence-corrected chi connectivity index (χ1v) is 9.02. The molecule has 2 fully saturated rings. The molecule has 0 spiro atoms. The molecular formula is C17H25BrN4O. The molecule has 3 rings (SSSR count). The molecule has 1 aromatic carbocycles. The van der Waals surface area contributed by atoms with E-state index in [9.17, 15) is 4.79 Å². The van der Waals surface area contributed by atoms with E-state index >= 15 is 0 Å². The molecule has 0 radical (unpaired) electrons. The average Bonchev–Trinajstić information content (AvgIpc) is 2.97. The molecule has 1 aromatic rings. The van der Waals surface area contributed by atoms with Crippen molar-refractivity contribution >= 4 is 21.8 Å². The SMILES string of the molecule is CC(C)(CNC(=O)C1NNC2CCNCC21)c1cccc(Br)c1. The molecule has 6 heteroatoms. The number of carbonyl (C=O) groups excluding carboxylic acids is 1. The highest BCUT2D eigenvalue weighted by Gasteiger charge is 2.41. The number of halogens is 1. The maximum absolute atomic E-state index is 12.6. The summed E-state index contributed by atoms with van der Waals surface area (Å²) in [5, 5.41) is 6.51. The summed E-state index contributed by atoms with van der Waals surface area (Å²) in [5.41, 5.74) is 7.54. The standard InChI is InChI=1S/C17H25BrN4O/c1-17(2,11-4-3-5-12(18)8-11)10-20-16(23)15-13-9-19-7-6-14(13)21-22-15/h3-5,8,13-15,19,21-22H,6-7,9-10H2,1-2H3,(H,20,23). The molecule has 2 aliphatic rings. The highest BCUT2D eigenvalue weighted by atomic mass is 79.9. The number of carbonyl (C=O) groups is 1. The van der Waals surface area contributed by atoms with Gasteiger partial charge in [0.25, 0.3) is 0 Å². The van der Waals surface area contributed by atoms with Gasteiger partial charge in [-0.3, -0.25) is 10.2 Å². The summed E-state index contributed by atoms with van der Waals surface area (Å²) < 4.78 is 1.06. The van der Waals surface area contributed by atoms with E-state index in [1.165, 1.54) is 5.56 Å². The Hall–Kier alpha value is -0.950.